The first-order chi connectivity index (χ1) is 8.02. The molecule has 1 rings (SSSR count). The Hall–Kier alpha value is -2.17. The van der Waals surface area contributed by atoms with Gasteiger partial charge in [0.05, 0.1) is 12.9 Å². The molecule has 92 valence electrons. The molecule has 3 N–H and O–H groups in total. The first kappa shape index (κ1) is 12.9. The zero-order valence-electron chi connectivity index (χ0n) is 9.73. The van der Waals surface area contributed by atoms with Gasteiger partial charge in [0.2, 0.25) is 5.91 Å². The van der Waals surface area contributed by atoms with E-state index >= 15 is 0 Å². The second-order valence-electron chi connectivity index (χ2n) is 3.51. The second kappa shape index (κ2) is 5.79. The Morgan fingerprint density at radius 1 is 1.53 bits per heavy atom. The Labute approximate surface area is 99.3 Å². The summed E-state index contributed by atoms with van der Waals surface area (Å²) in [6.07, 6.45) is 1.09. The van der Waals surface area contributed by atoms with Crippen LogP contribution in [0, 0.1) is 0 Å². The van der Waals surface area contributed by atoms with Crippen LogP contribution in [-0.4, -0.2) is 23.2 Å². The third-order valence-corrected chi connectivity index (χ3v) is 2.05. The summed E-state index contributed by atoms with van der Waals surface area (Å²) < 4.78 is 4.94. The molecule has 5 heteroatoms. The lowest BCUT2D eigenvalue weighted by Crippen LogP contribution is -2.20. The van der Waals surface area contributed by atoms with Crippen molar-refractivity contribution in [2.45, 2.75) is 13.5 Å². The van der Waals surface area contributed by atoms with Crippen LogP contribution in [-0.2, 0) is 11.3 Å². The number of hydrogen-bond acceptors (Lipinski definition) is 4. The molecule has 0 aliphatic heterocycles. The van der Waals surface area contributed by atoms with E-state index in [0.717, 1.165) is 11.6 Å². The Bertz CT molecular complexity index is 436. The van der Waals surface area contributed by atoms with E-state index in [4.69, 9.17) is 9.84 Å². The number of phenolic OH excluding ortho intramolecular Hbond substituents is 1. The van der Waals surface area contributed by atoms with E-state index in [0.29, 0.717) is 12.3 Å². The van der Waals surface area contributed by atoms with E-state index in [1.165, 1.54) is 20.1 Å². The van der Waals surface area contributed by atoms with E-state index in [1.807, 2.05) is 0 Å². The molecule has 1 aromatic rings. The van der Waals surface area contributed by atoms with E-state index in [2.05, 4.69) is 5.32 Å². The van der Waals surface area contributed by atoms with Gasteiger partial charge in [0, 0.05) is 12.6 Å². The first-order valence-electron chi connectivity index (χ1n) is 5.04. The number of allylic oxidation sites excluding steroid dienone is 1. The first-order valence-corrected chi connectivity index (χ1v) is 5.04. The number of amides is 1. The number of phenols is 1. The van der Waals surface area contributed by atoms with Crippen LogP contribution < -0.4 is 10.1 Å². The minimum Gasteiger partial charge on any atom is -0.512 e. The molecule has 0 aromatic heterocycles. The summed E-state index contributed by atoms with van der Waals surface area (Å²) >= 11 is 0. The Balaban J connectivity index is 2.64. The molecule has 1 amide bonds. The normalized spacial score (nSPS) is 11.1. The van der Waals surface area contributed by atoms with Crippen LogP contribution in [0.25, 0.3) is 0 Å². The molecular weight excluding hydrogens is 222 g/mol. The summed E-state index contributed by atoms with van der Waals surface area (Å²) in [5.74, 6) is -0.0258. The highest BCUT2D eigenvalue weighted by atomic mass is 16.5. The minimum atomic E-state index is -0.378. The van der Waals surface area contributed by atoms with Gasteiger partial charge in [-0.2, -0.15) is 0 Å². The molecule has 0 saturated carbocycles. The van der Waals surface area contributed by atoms with E-state index < -0.39 is 0 Å². The average Bonchev–Trinajstić information content (AvgIpc) is 2.27. The van der Waals surface area contributed by atoms with Crippen molar-refractivity contribution in [2.75, 3.05) is 7.11 Å². The molecule has 0 fully saturated rings. The van der Waals surface area contributed by atoms with Crippen LogP contribution in [0.15, 0.2) is 30.0 Å². The maximum Gasteiger partial charge on any atom is 0.247 e. The highest BCUT2D eigenvalue weighted by molar-refractivity contribution is 5.87. The van der Waals surface area contributed by atoms with E-state index in [1.54, 1.807) is 12.1 Å². The van der Waals surface area contributed by atoms with Gasteiger partial charge in [-0.25, -0.2) is 0 Å². The zero-order valence-corrected chi connectivity index (χ0v) is 9.73. The van der Waals surface area contributed by atoms with Gasteiger partial charge in [-0.15, -0.1) is 0 Å². The summed E-state index contributed by atoms with van der Waals surface area (Å²) in [6.45, 7) is 1.71. The topological polar surface area (TPSA) is 78.8 Å². The molecule has 5 nitrogen and oxygen atoms in total. The van der Waals surface area contributed by atoms with Gasteiger partial charge < -0.3 is 20.3 Å². The number of aliphatic hydroxyl groups is 1. The van der Waals surface area contributed by atoms with Crippen molar-refractivity contribution < 1.29 is 19.7 Å². The highest BCUT2D eigenvalue weighted by Gasteiger charge is 2.03. The molecule has 0 unspecified atom stereocenters. The Kier molecular flexibility index (Phi) is 4.39. The predicted octanol–water partition coefficient (Wildman–Crippen LogP) is 1.48. The maximum absolute atomic E-state index is 11.2. The fraction of sp³-hybridized carbons (Fsp3) is 0.250. The lowest BCUT2D eigenvalue weighted by atomic mass is 10.2. The molecule has 0 spiro atoms. The molecule has 1 aromatic carbocycles. The Morgan fingerprint density at radius 3 is 2.82 bits per heavy atom. The number of methoxy groups -OCH3 is 1. The molecule has 0 heterocycles. The molecule has 17 heavy (non-hydrogen) atoms. The largest absolute Gasteiger partial charge is 0.512 e. The van der Waals surface area contributed by atoms with E-state index in [9.17, 15) is 9.90 Å². The summed E-state index contributed by atoms with van der Waals surface area (Å²) in [5, 5.41) is 20.9. The van der Waals surface area contributed by atoms with Crippen LogP contribution >= 0.6 is 0 Å². The molecule has 0 bridgehead atoms. The standard InChI is InChI=1S/C12H15NO4/c1-8(14)5-12(16)13-7-9-3-4-10(15)11(6-9)17-2/h3-6,14-15H,7H2,1-2H3,(H,13,16)/b8-5-. The fourth-order valence-electron chi connectivity index (χ4n) is 1.26. The third kappa shape index (κ3) is 4.06. The highest BCUT2D eigenvalue weighted by Crippen LogP contribution is 2.26. The molecule has 0 aliphatic carbocycles. The average molecular weight is 237 g/mol. The number of ether oxygens (including phenoxy) is 1. The van der Waals surface area contributed by atoms with Crippen molar-refractivity contribution in [1.82, 2.24) is 5.32 Å². The van der Waals surface area contributed by atoms with Crippen LogP contribution in [0.5, 0.6) is 11.5 Å². The summed E-state index contributed by atoms with van der Waals surface area (Å²) in [6, 6.07) is 4.80. The van der Waals surface area contributed by atoms with Crippen molar-refractivity contribution in [3.8, 4) is 11.5 Å². The number of carbonyl (C=O) groups excluding carboxylic acids is 1. The molecule has 0 atom stereocenters. The molecule has 0 radical (unpaired) electrons. The van der Waals surface area contributed by atoms with Crippen LogP contribution in [0.2, 0.25) is 0 Å². The number of carbonyl (C=O) groups is 1. The molecule has 0 aliphatic rings. The SMILES string of the molecule is COc1cc(CNC(=O)/C=C(/C)O)ccc1O. The summed E-state index contributed by atoms with van der Waals surface area (Å²) in [7, 11) is 1.45. The van der Waals surface area contributed by atoms with Gasteiger partial charge in [-0.3, -0.25) is 4.79 Å². The van der Waals surface area contributed by atoms with E-state index in [-0.39, 0.29) is 17.4 Å². The number of aliphatic hydroxyl groups excluding tert-OH is 1. The van der Waals surface area contributed by atoms with Gasteiger partial charge in [-0.05, 0) is 24.6 Å². The molecular formula is C12H15NO4. The summed E-state index contributed by atoms with van der Waals surface area (Å²) in [4.78, 5) is 11.2. The quantitative estimate of drug-likeness (QED) is 0.547. The maximum atomic E-state index is 11.2. The van der Waals surface area contributed by atoms with Crippen LogP contribution in [0.4, 0.5) is 0 Å². The zero-order chi connectivity index (χ0) is 12.8. The van der Waals surface area contributed by atoms with Crippen molar-refractivity contribution in [2.24, 2.45) is 0 Å². The van der Waals surface area contributed by atoms with Gasteiger partial charge in [0.25, 0.3) is 0 Å². The smallest absolute Gasteiger partial charge is 0.247 e. The molecule has 0 saturated heterocycles. The van der Waals surface area contributed by atoms with Crippen molar-refractivity contribution in [1.29, 1.82) is 0 Å². The van der Waals surface area contributed by atoms with Gasteiger partial charge in [0.15, 0.2) is 11.5 Å². The lowest BCUT2D eigenvalue weighted by molar-refractivity contribution is -0.116. The number of nitrogens with one attached hydrogen (secondary N) is 1. The number of aromatic hydroxyl groups is 1. The van der Waals surface area contributed by atoms with Crippen LogP contribution in [0.3, 0.4) is 0 Å². The monoisotopic (exact) mass is 237 g/mol. The minimum absolute atomic E-state index is 0.0497. The predicted molar refractivity (Wildman–Crippen MR) is 62.9 cm³/mol. The number of benzene rings is 1. The second-order valence-corrected chi connectivity index (χ2v) is 3.51. The lowest BCUT2D eigenvalue weighted by Gasteiger charge is -2.07. The van der Waals surface area contributed by atoms with Crippen molar-refractivity contribution in [3.05, 3.63) is 35.6 Å². The van der Waals surface area contributed by atoms with Crippen molar-refractivity contribution >= 4 is 5.91 Å². The Morgan fingerprint density at radius 2 is 2.24 bits per heavy atom. The third-order valence-electron chi connectivity index (χ3n) is 2.05. The van der Waals surface area contributed by atoms with Gasteiger partial charge in [0.1, 0.15) is 0 Å². The van der Waals surface area contributed by atoms with Gasteiger partial charge in [-0.1, -0.05) is 6.07 Å². The van der Waals surface area contributed by atoms with Crippen LogP contribution in [0.1, 0.15) is 12.5 Å². The summed E-state index contributed by atoms with van der Waals surface area (Å²) in [5.41, 5.74) is 0.789. The fourth-order valence-corrected chi connectivity index (χ4v) is 1.26. The number of hydrogen-bond donors (Lipinski definition) is 3. The number of rotatable bonds is 4. The van der Waals surface area contributed by atoms with Crippen molar-refractivity contribution in [3.63, 3.8) is 0 Å². The van der Waals surface area contributed by atoms with Gasteiger partial charge >= 0.3 is 0 Å².